The number of primary amides is 1. The lowest BCUT2D eigenvalue weighted by Crippen LogP contribution is -2.28. The second-order valence-electron chi connectivity index (χ2n) is 3.88. The molecule has 6 nitrogen and oxygen atoms in total. The van der Waals surface area contributed by atoms with Gasteiger partial charge in [-0.2, -0.15) is 0 Å². The van der Waals surface area contributed by atoms with Crippen molar-refractivity contribution in [3.8, 4) is 0 Å². The van der Waals surface area contributed by atoms with Gasteiger partial charge in [0, 0.05) is 31.0 Å². The van der Waals surface area contributed by atoms with E-state index in [4.69, 9.17) is 10.8 Å². The van der Waals surface area contributed by atoms with Crippen LogP contribution in [-0.4, -0.2) is 34.1 Å². The van der Waals surface area contributed by atoms with Crippen LogP contribution in [0.4, 0.5) is 5.95 Å². The van der Waals surface area contributed by atoms with E-state index in [9.17, 15) is 4.79 Å². The highest BCUT2D eigenvalue weighted by Gasteiger charge is 2.27. The van der Waals surface area contributed by atoms with E-state index in [1.165, 1.54) is 0 Å². The topological polar surface area (TPSA) is 92.3 Å². The van der Waals surface area contributed by atoms with Gasteiger partial charge in [-0.1, -0.05) is 0 Å². The Kier molecular flexibility index (Phi) is 3.00. The van der Waals surface area contributed by atoms with E-state index in [1.807, 2.05) is 4.90 Å². The zero-order chi connectivity index (χ0) is 11.5. The van der Waals surface area contributed by atoms with Crippen LogP contribution < -0.4 is 10.6 Å². The van der Waals surface area contributed by atoms with Gasteiger partial charge < -0.3 is 15.7 Å². The molecule has 1 aliphatic heterocycles. The van der Waals surface area contributed by atoms with E-state index in [2.05, 4.69) is 9.97 Å². The Morgan fingerprint density at radius 2 is 2.25 bits per heavy atom. The molecule has 1 atom stereocenters. The Morgan fingerprint density at radius 1 is 1.56 bits per heavy atom. The summed E-state index contributed by atoms with van der Waals surface area (Å²) in [5.74, 6) is 0.205. The molecule has 2 heterocycles. The van der Waals surface area contributed by atoms with Crippen LogP contribution in [0.1, 0.15) is 12.0 Å². The van der Waals surface area contributed by atoms with Crippen molar-refractivity contribution in [2.24, 2.45) is 11.7 Å². The summed E-state index contributed by atoms with van der Waals surface area (Å²) >= 11 is 0. The van der Waals surface area contributed by atoms with Crippen LogP contribution in [0.15, 0.2) is 12.4 Å². The second-order valence-corrected chi connectivity index (χ2v) is 3.88. The number of amides is 1. The molecule has 6 heteroatoms. The average molecular weight is 222 g/mol. The van der Waals surface area contributed by atoms with Crippen molar-refractivity contribution < 1.29 is 9.90 Å². The normalized spacial score (nSPS) is 20.1. The number of hydrogen-bond donors (Lipinski definition) is 2. The summed E-state index contributed by atoms with van der Waals surface area (Å²) in [5.41, 5.74) is 5.92. The lowest BCUT2D eigenvalue weighted by atomic mass is 10.1. The highest BCUT2D eigenvalue weighted by molar-refractivity contribution is 5.78. The van der Waals surface area contributed by atoms with Crippen LogP contribution >= 0.6 is 0 Å². The highest BCUT2D eigenvalue weighted by Crippen LogP contribution is 2.19. The molecule has 0 saturated carbocycles. The van der Waals surface area contributed by atoms with Gasteiger partial charge in [-0.15, -0.1) is 0 Å². The molecule has 1 aromatic rings. The zero-order valence-electron chi connectivity index (χ0n) is 8.83. The number of carbonyl (C=O) groups excluding carboxylic acids is 1. The van der Waals surface area contributed by atoms with Crippen molar-refractivity contribution in [2.45, 2.75) is 13.0 Å². The number of aromatic nitrogens is 2. The van der Waals surface area contributed by atoms with Crippen LogP contribution in [0.25, 0.3) is 0 Å². The molecule has 86 valence electrons. The summed E-state index contributed by atoms with van der Waals surface area (Å²) in [7, 11) is 0. The Hall–Kier alpha value is -1.69. The summed E-state index contributed by atoms with van der Waals surface area (Å²) in [4.78, 5) is 21.2. The van der Waals surface area contributed by atoms with Crippen molar-refractivity contribution in [3.05, 3.63) is 18.0 Å². The molecular formula is C10H14N4O2. The second kappa shape index (κ2) is 4.44. The Labute approximate surface area is 93.1 Å². The predicted molar refractivity (Wildman–Crippen MR) is 57.5 cm³/mol. The van der Waals surface area contributed by atoms with Crippen LogP contribution in [0.3, 0.4) is 0 Å². The molecule has 1 amide bonds. The van der Waals surface area contributed by atoms with E-state index in [0.717, 1.165) is 13.0 Å². The summed E-state index contributed by atoms with van der Waals surface area (Å²) in [6.45, 7) is 1.25. The minimum absolute atomic E-state index is 0.0653. The first kappa shape index (κ1) is 10.8. The van der Waals surface area contributed by atoms with Crippen molar-refractivity contribution >= 4 is 11.9 Å². The van der Waals surface area contributed by atoms with Gasteiger partial charge in [0.05, 0.1) is 12.5 Å². The summed E-state index contributed by atoms with van der Waals surface area (Å²) in [6, 6.07) is 0. The zero-order valence-corrected chi connectivity index (χ0v) is 8.83. The van der Waals surface area contributed by atoms with Gasteiger partial charge in [-0.05, 0) is 6.42 Å². The summed E-state index contributed by atoms with van der Waals surface area (Å²) < 4.78 is 0. The molecule has 2 rings (SSSR count). The van der Waals surface area contributed by atoms with Gasteiger partial charge in [-0.25, -0.2) is 9.97 Å². The third-order valence-corrected chi connectivity index (χ3v) is 2.75. The van der Waals surface area contributed by atoms with Crippen LogP contribution in [-0.2, 0) is 11.4 Å². The molecule has 1 fully saturated rings. The fourth-order valence-corrected chi connectivity index (χ4v) is 1.77. The molecule has 0 bridgehead atoms. The van der Waals surface area contributed by atoms with Gasteiger partial charge in [0.25, 0.3) is 0 Å². The highest BCUT2D eigenvalue weighted by atomic mass is 16.3. The largest absolute Gasteiger partial charge is 0.392 e. The van der Waals surface area contributed by atoms with Gasteiger partial charge in [0.15, 0.2) is 0 Å². The van der Waals surface area contributed by atoms with Gasteiger partial charge in [0.2, 0.25) is 11.9 Å². The summed E-state index contributed by atoms with van der Waals surface area (Å²) in [5, 5.41) is 8.85. The SMILES string of the molecule is NC(=O)C1CCN(c2ncc(CO)cn2)C1. The number of aliphatic hydroxyl groups is 1. The van der Waals surface area contributed by atoms with E-state index in [1.54, 1.807) is 12.4 Å². The average Bonchev–Trinajstić information content (AvgIpc) is 2.78. The van der Waals surface area contributed by atoms with Crippen molar-refractivity contribution in [1.29, 1.82) is 0 Å². The number of anilines is 1. The monoisotopic (exact) mass is 222 g/mol. The maximum absolute atomic E-state index is 11.0. The molecule has 0 radical (unpaired) electrons. The number of nitrogens with zero attached hydrogens (tertiary/aromatic N) is 3. The minimum atomic E-state index is -0.269. The molecule has 0 spiro atoms. The number of nitrogens with two attached hydrogens (primary N) is 1. The van der Waals surface area contributed by atoms with Crippen LogP contribution in [0.2, 0.25) is 0 Å². The first-order chi connectivity index (χ1) is 7.70. The molecule has 3 N–H and O–H groups in total. The first-order valence-corrected chi connectivity index (χ1v) is 5.16. The van der Waals surface area contributed by atoms with Crippen LogP contribution in [0.5, 0.6) is 0 Å². The number of hydrogen-bond acceptors (Lipinski definition) is 5. The van der Waals surface area contributed by atoms with Gasteiger partial charge >= 0.3 is 0 Å². The van der Waals surface area contributed by atoms with Crippen molar-refractivity contribution in [2.75, 3.05) is 18.0 Å². The fourth-order valence-electron chi connectivity index (χ4n) is 1.77. The quantitative estimate of drug-likeness (QED) is 0.704. The smallest absolute Gasteiger partial charge is 0.225 e. The third kappa shape index (κ3) is 2.11. The molecule has 1 aromatic heterocycles. The molecule has 1 unspecified atom stereocenters. The third-order valence-electron chi connectivity index (χ3n) is 2.75. The maximum atomic E-state index is 11.0. The van der Waals surface area contributed by atoms with Gasteiger partial charge in [0.1, 0.15) is 0 Å². The van der Waals surface area contributed by atoms with E-state index in [-0.39, 0.29) is 18.4 Å². The predicted octanol–water partition coefficient (Wildman–Crippen LogP) is -0.720. The van der Waals surface area contributed by atoms with E-state index < -0.39 is 0 Å². The standard InChI is InChI=1S/C10H14N4O2/c11-9(16)8-1-2-14(5-8)10-12-3-7(6-15)4-13-10/h3-4,8,15H,1-2,5-6H2,(H2,11,16). The van der Waals surface area contributed by atoms with Gasteiger partial charge in [-0.3, -0.25) is 4.79 Å². The molecule has 0 aromatic carbocycles. The van der Waals surface area contributed by atoms with E-state index in [0.29, 0.717) is 18.1 Å². The van der Waals surface area contributed by atoms with Crippen LogP contribution in [0, 0.1) is 5.92 Å². The Morgan fingerprint density at radius 3 is 2.75 bits per heavy atom. The summed E-state index contributed by atoms with van der Waals surface area (Å²) in [6.07, 6.45) is 3.92. The number of rotatable bonds is 3. The number of aliphatic hydroxyl groups excluding tert-OH is 1. The van der Waals surface area contributed by atoms with E-state index >= 15 is 0 Å². The maximum Gasteiger partial charge on any atom is 0.225 e. The minimum Gasteiger partial charge on any atom is -0.392 e. The fraction of sp³-hybridized carbons (Fsp3) is 0.500. The van der Waals surface area contributed by atoms with Crippen molar-refractivity contribution in [1.82, 2.24) is 9.97 Å². The Balaban J connectivity index is 2.05. The van der Waals surface area contributed by atoms with Crippen molar-refractivity contribution in [3.63, 3.8) is 0 Å². The molecule has 16 heavy (non-hydrogen) atoms. The first-order valence-electron chi connectivity index (χ1n) is 5.16. The lowest BCUT2D eigenvalue weighted by molar-refractivity contribution is -0.121. The molecule has 1 aliphatic rings. The molecular weight excluding hydrogens is 208 g/mol. The Bertz CT molecular complexity index is 379. The lowest BCUT2D eigenvalue weighted by Gasteiger charge is -2.15. The molecule has 0 aliphatic carbocycles. The number of carbonyl (C=O) groups is 1. The molecule has 1 saturated heterocycles.